The number of amides is 2. The molecule has 3 aromatic carbocycles. The molecule has 1 heterocycles. The average molecular weight is 428 g/mol. The maximum atomic E-state index is 12.8. The molecular formula is C24H20N4O4. The number of hydrogen-bond acceptors (Lipinski definition) is 5. The Morgan fingerprint density at radius 2 is 1.75 bits per heavy atom. The van der Waals surface area contributed by atoms with Crippen LogP contribution in [-0.2, 0) is 11.3 Å². The molecule has 8 heteroatoms. The van der Waals surface area contributed by atoms with E-state index in [1.807, 2.05) is 0 Å². The van der Waals surface area contributed by atoms with Crippen LogP contribution in [0.3, 0.4) is 0 Å². The molecule has 8 nitrogen and oxygen atoms in total. The highest BCUT2D eigenvalue weighted by Crippen LogP contribution is 2.20. The zero-order chi connectivity index (χ0) is 22.5. The van der Waals surface area contributed by atoms with Gasteiger partial charge in [-0.2, -0.15) is 5.10 Å². The van der Waals surface area contributed by atoms with E-state index >= 15 is 0 Å². The highest BCUT2D eigenvalue weighted by atomic mass is 16.5. The smallest absolute Gasteiger partial charge is 0.257 e. The number of hydrogen-bond donors (Lipinski definition) is 2. The molecule has 0 unspecified atom stereocenters. The third-order valence-electron chi connectivity index (χ3n) is 4.83. The van der Waals surface area contributed by atoms with Gasteiger partial charge < -0.3 is 15.4 Å². The number of ether oxygens (including phenoxy) is 1. The van der Waals surface area contributed by atoms with Crippen LogP contribution < -0.4 is 20.8 Å². The summed E-state index contributed by atoms with van der Waals surface area (Å²) in [4.78, 5) is 37.5. The molecule has 0 radical (unpaired) electrons. The van der Waals surface area contributed by atoms with E-state index in [2.05, 4.69) is 15.7 Å². The summed E-state index contributed by atoms with van der Waals surface area (Å²) in [5, 5.41) is 10.1. The van der Waals surface area contributed by atoms with Gasteiger partial charge in [-0.25, -0.2) is 0 Å². The van der Waals surface area contributed by atoms with Crippen molar-refractivity contribution in [2.75, 3.05) is 17.7 Å². The monoisotopic (exact) mass is 428 g/mol. The predicted molar refractivity (Wildman–Crippen MR) is 122 cm³/mol. The van der Waals surface area contributed by atoms with Crippen molar-refractivity contribution in [2.24, 2.45) is 0 Å². The van der Waals surface area contributed by atoms with Crippen LogP contribution in [-0.4, -0.2) is 28.7 Å². The number of carbonyl (C=O) groups is 2. The molecule has 0 aliphatic heterocycles. The molecule has 0 aliphatic rings. The van der Waals surface area contributed by atoms with Gasteiger partial charge in [0.2, 0.25) is 11.3 Å². The first-order valence-electron chi connectivity index (χ1n) is 9.84. The quantitative estimate of drug-likeness (QED) is 0.491. The number of benzene rings is 3. The molecule has 4 rings (SSSR count). The summed E-state index contributed by atoms with van der Waals surface area (Å²) in [5.41, 5.74) is 1.58. The third kappa shape index (κ3) is 4.49. The zero-order valence-electron chi connectivity index (χ0n) is 17.2. The summed E-state index contributed by atoms with van der Waals surface area (Å²) in [6.07, 6.45) is 1.19. The van der Waals surface area contributed by atoms with Gasteiger partial charge in [-0.3, -0.25) is 19.1 Å². The molecule has 0 saturated heterocycles. The van der Waals surface area contributed by atoms with Crippen LogP contribution in [0.2, 0.25) is 0 Å². The van der Waals surface area contributed by atoms with E-state index in [0.717, 1.165) is 0 Å². The maximum Gasteiger partial charge on any atom is 0.257 e. The van der Waals surface area contributed by atoms with Gasteiger partial charge in [0, 0.05) is 17.1 Å². The number of aromatic nitrogens is 2. The lowest BCUT2D eigenvalue weighted by molar-refractivity contribution is -0.116. The number of carbonyl (C=O) groups excluding carboxylic acids is 2. The fraction of sp³-hybridized carbons (Fsp3) is 0.0833. The van der Waals surface area contributed by atoms with Crippen LogP contribution in [0.1, 0.15) is 10.4 Å². The molecule has 160 valence electrons. The fourth-order valence-corrected chi connectivity index (χ4v) is 3.30. The lowest BCUT2D eigenvalue weighted by atomic mass is 10.1. The van der Waals surface area contributed by atoms with Crippen molar-refractivity contribution >= 4 is 34.1 Å². The van der Waals surface area contributed by atoms with E-state index < -0.39 is 0 Å². The molecule has 0 aliphatic carbocycles. The van der Waals surface area contributed by atoms with Gasteiger partial charge in [0.05, 0.1) is 30.1 Å². The number of nitrogens with one attached hydrogen (secondary N) is 2. The first kappa shape index (κ1) is 20.8. The lowest BCUT2D eigenvalue weighted by Gasteiger charge is -2.13. The van der Waals surface area contributed by atoms with Crippen LogP contribution in [0.25, 0.3) is 10.9 Å². The highest BCUT2D eigenvalue weighted by Gasteiger charge is 2.15. The van der Waals surface area contributed by atoms with Gasteiger partial charge in [0.15, 0.2) is 0 Å². The van der Waals surface area contributed by atoms with E-state index in [1.54, 1.807) is 79.9 Å². The van der Waals surface area contributed by atoms with Crippen LogP contribution in [0.5, 0.6) is 5.75 Å². The van der Waals surface area contributed by atoms with E-state index in [1.165, 1.54) is 10.9 Å². The summed E-state index contributed by atoms with van der Waals surface area (Å²) in [6.45, 7) is -0.118. The molecule has 0 saturated carbocycles. The van der Waals surface area contributed by atoms with E-state index in [9.17, 15) is 14.4 Å². The number of rotatable bonds is 6. The normalized spacial score (nSPS) is 10.5. The summed E-state index contributed by atoms with van der Waals surface area (Å²) in [7, 11) is 1.55. The molecule has 0 atom stereocenters. The van der Waals surface area contributed by atoms with Gasteiger partial charge in [0.25, 0.3) is 5.91 Å². The van der Waals surface area contributed by atoms with Crippen molar-refractivity contribution in [3.8, 4) is 5.75 Å². The Morgan fingerprint density at radius 3 is 2.59 bits per heavy atom. The van der Waals surface area contributed by atoms with E-state index in [-0.39, 0.29) is 23.8 Å². The van der Waals surface area contributed by atoms with Crippen molar-refractivity contribution < 1.29 is 14.3 Å². The van der Waals surface area contributed by atoms with Crippen molar-refractivity contribution in [1.29, 1.82) is 0 Å². The molecule has 4 aromatic rings. The molecule has 2 amide bonds. The Bertz CT molecular complexity index is 1360. The second-order valence-corrected chi connectivity index (χ2v) is 6.96. The van der Waals surface area contributed by atoms with E-state index in [0.29, 0.717) is 33.6 Å². The maximum absolute atomic E-state index is 12.8. The summed E-state index contributed by atoms with van der Waals surface area (Å²) in [6, 6.07) is 20.6. The van der Waals surface area contributed by atoms with Crippen LogP contribution in [0.4, 0.5) is 11.4 Å². The Hall–Kier alpha value is -4.46. The Morgan fingerprint density at radius 1 is 0.969 bits per heavy atom. The Labute approximate surface area is 183 Å². The number of anilines is 2. The molecule has 0 spiro atoms. The number of nitrogens with zero attached hydrogens (tertiary/aromatic N) is 2. The van der Waals surface area contributed by atoms with Crippen molar-refractivity contribution in [2.45, 2.75) is 6.54 Å². The summed E-state index contributed by atoms with van der Waals surface area (Å²) < 4.78 is 6.63. The van der Waals surface area contributed by atoms with Crippen LogP contribution in [0, 0.1) is 0 Å². The average Bonchev–Trinajstić information content (AvgIpc) is 2.81. The summed E-state index contributed by atoms with van der Waals surface area (Å²) in [5.74, 6) is -0.140. The molecular weight excluding hydrogens is 408 g/mol. The molecule has 0 bridgehead atoms. The topological polar surface area (TPSA) is 102 Å². The molecule has 2 N–H and O–H groups in total. The summed E-state index contributed by atoms with van der Waals surface area (Å²) >= 11 is 0. The van der Waals surface area contributed by atoms with Gasteiger partial charge in [0.1, 0.15) is 12.3 Å². The SMILES string of the molecule is COc1cccc(NC(=O)c2ccccc2NC(=O)Cn2ncc(=O)c3ccccc32)c1. The molecule has 1 aromatic heterocycles. The van der Waals surface area contributed by atoms with Crippen LogP contribution in [0.15, 0.2) is 83.8 Å². The van der Waals surface area contributed by atoms with Crippen molar-refractivity contribution in [1.82, 2.24) is 9.78 Å². The highest BCUT2D eigenvalue weighted by molar-refractivity contribution is 6.10. The predicted octanol–water partition coefficient (Wildman–Crippen LogP) is 3.30. The minimum atomic E-state index is -0.382. The van der Waals surface area contributed by atoms with Crippen molar-refractivity contribution in [3.05, 3.63) is 94.8 Å². The second-order valence-electron chi connectivity index (χ2n) is 6.96. The number of para-hydroxylation sites is 2. The van der Waals surface area contributed by atoms with Gasteiger partial charge in [-0.05, 0) is 36.4 Å². The van der Waals surface area contributed by atoms with Gasteiger partial charge in [-0.15, -0.1) is 0 Å². The van der Waals surface area contributed by atoms with Gasteiger partial charge >= 0.3 is 0 Å². The first-order chi connectivity index (χ1) is 15.5. The largest absolute Gasteiger partial charge is 0.497 e. The zero-order valence-corrected chi connectivity index (χ0v) is 17.2. The second kappa shape index (κ2) is 9.13. The van der Waals surface area contributed by atoms with Crippen molar-refractivity contribution in [3.63, 3.8) is 0 Å². The Balaban J connectivity index is 1.53. The number of fused-ring (bicyclic) bond motifs is 1. The standard InChI is InChI=1S/C24H20N4O4/c1-32-17-8-6-7-16(13-17)26-24(31)18-9-2-4-11-20(18)27-23(30)15-28-21-12-5-3-10-19(21)22(29)14-25-28/h2-14H,15H2,1H3,(H,26,31)(H,27,30). The lowest BCUT2D eigenvalue weighted by Crippen LogP contribution is -2.24. The van der Waals surface area contributed by atoms with Crippen LogP contribution >= 0.6 is 0 Å². The van der Waals surface area contributed by atoms with E-state index in [4.69, 9.17) is 4.74 Å². The minimum absolute atomic E-state index is 0.118. The van der Waals surface area contributed by atoms with Gasteiger partial charge in [-0.1, -0.05) is 30.3 Å². The first-order valence-corrected chi connectivity index (χ1v) is 9.84. The fourth-order valence-electron chi connectivity index (χ4n) is 3.30. The molecule has 0 fully saturated rings. The molecule has 32 heavy (non-hydrogen) atoms. The third-order valence-corrected chi connectivity index (χ3v) is 4.83. The minimum Gasteiger partial charge on any atom is -0.497 e. The Kier molecular flexibility index (Phi) is 5.94. The number of methoxy groups -OCH3 is 1.